The third-order valence-corrected chi connectivity index (χ3v) is 5.30. The van der Waals surface area contributed by atoms with Gasteiger partial charge in [0.05, 0.1) is 24.2 Å². The van der Waals surface area contributed by atoms with E-state index in [4.69, 9.17) is 19.4 Å². The highest BCUT2D eigenvalue weighted by Crippen LogP contribution is 2.34. The molecule has 1 unspecified atom stereocenters. The third-order valence-electron chi connectivity index (χ3n) is 5.30. The molecule has 9 heteroatoms. The molecule has 0 fully saturated rings. The predicted molar refractivity (Wildman–Crippen MR) is 120 cm³/mol. The number of aromatic amines is 1. The number of rotatable bonds is 5. The van der Waals surface area contributed by atoms with Gasteiger partial charge in [-0.3, -0.25) is 4.79 Å². The molecule has 170 valence electrons. The number of benzene rings is 2. The molecule has 0 bridgehead atoms. The summed E-state index contributed by atoms with van der Waals surface area (Å²) in [7, 11) is 3.43. The second-order valence-corrected chi connectivity index (χ2v) is 7.54. The maximum Gasteiger partial charge on any atom is 0.317 e. The summed E-state index contributed by atoms with van der Waals surface area (Å²) >= 11 is 0. The molecule has 2 amide bonds. The normalized spacial score (nSPS) is 14.4. The summed E-state index contributed by atoms with van der Waals surface area (Å²) in [6, 6.07) is 11.7. The first-order valence-electron chi connectivity index (χ1n) is 10.3. The number of hydrogen-bond donors (Lipinski definition) is 3. The van der Waals surface area contributed by atoms with Crippen LogP contribution in [0.25, 0.3) is 11.0 Å². The molecular weight excluding hydrogens is 412 g/mol. The number of nitrogens with zero attached hydrogens (tertiary/aromatic N) is 2. The lowest BCUT2D eigenvalue weighted by Crippen LogP contribution is -2.48. The molecule has 1 aromatic heterocycles. The number of para-hydroxylation sites is 2. The van der Waals surface area contributed by atoms with Crippen LogP contribution in [0.15, 0.2) is 36.4 Å². The molecule has 0 radical (unpaired) electrons. The number of aromatic nitrogens is 2. The summed E-state index contributed by atoms with van der Waals surface area (Å²) in [6.45, 7) is 2.80. The van der Waals surface area contributed by atoms with Gasteiger partial charge in [-0.25, -0.2) is 9.78 Å². The topological polar surface area (TPSA) is 117 Å². The van der Waals surface area contributed by atoms with Crippen molar-refractivity contribution in [3.63, 3.8) is 0 Å². The van der Waals surface area contributed by atoms with Crippen molar-refractivity contribution >= 4 is 23.5 Å². The Morgan fingerprint density at radius 1 is 1.38 bits per heavy atom. The number of aryl methyl sites for hydroxylation is 1. The van der Waals surface area contributed by atoms with Gasteiger partial charge in [0.15, 0.2) is 11.5 Å². The summed E-state index contributed by atoms with van der Waals surface area (Å²) in [6.07, 6.45) is 1.38. The van der Waals surface area contributed by atoms with E-state index in [0.29, 0.717) is 19.6 Å². The Morgan fingerprint density at radius 3 is 2.84 bits per heavy atom. The summed E-state index contributed by atoms with van der Waals surface area (Å²) < 4.78 is 11.2. The molecule has 3 aromatic rings. The van der Waals surface area contributed by atoms with Crippen LogP contribution in [0.1, 0.15) is 17.0 Å². The van der Waals surface area contributed by atoms with Crippen LogP contribution in [-0.4, -0.2) is 65.8 Å². The zero-order valence-corrected chi connectivity index (χ0v) is 18.4. The van der Waals surface area contributed by atoms with E-state index in [1.165, 1.54) is 0 Å². The Labute approximate surface area is 186 Å². The van der Waals surface area contributed by atoms with E-state index in [9.17, 15) is 4.79 Å². The largest absolute Gasteiger partial charge is 0.493 e. The first-order valence-corrected chi connectivity index (χ1v) is 10.3. The number of nitrogens with one attached hydrogen (secondary N) is 2. The van der Waals surface area contributed by atoms with Gasteiger partial charge in [0, 0.05) is 25.6 Å². The van der Waals surface area contributed by atoms with Crippen LogP contribution in [0.5, 0.6) is 11.5 Å². The first-order chi connectivity index (χ1) is 15.5. The molecule has 2 heterocycles. The van der Waals surface area contributed by atoms with Crippen molar-refractivity contribution in [1.82, 2.24) is 20.2 Å². The van der Waals surface area contributed by atoms with E-state index in [2.05, 4.69) is 15.3 Å². The smallest absolute Gasteiger partial charge is 0.317 e. The van der Waals surface area contributed by atoms with Crippen LogP contribution >= 0.6 is 0 Å². The van der Waals surface area contributed by atoms with Gasteiger partial charge in [-0.05, 0) is 31.0 Å². The lowest BCUT2D eigenvalue weighted by molar-refractivity contribution is -0.122. The van der Waals surface area contributed by atoms with Gasteiger partial charge in [0.1, 0.15) is 12.4 Å². The Bertz CT molecular complexity index is 1080. The minimum absolute atomic E-state index is 0.0709. The Morgan fingerprint density at radius 2 is 2.12 bits per heavy atom. The number of likely N-dealkylation sites (N-methyl/N-ethyl adjacent to an activating group) is 1. The molecule has 0 spiro atoms. The van der Waals surface area contributed by atoms with Gasteiger partial charge in [0.2, 0.25) is 0 Å². The number of carbonyl (C=O) groups is 2. The molecule has 2 aromatic carbocycles. The Balaban J connectivity index is 0.000000913. The van der Waals surface area contributed by atoms with Crippen molar-refractivity contribution in [1.29, 1.82) is 0 Å². The average Bonchev–Trinajstić information content (AvgIpc) is 3.22. The molecule has 0 saturated carbocycles. The zero-order chi connectivity index (χ0) is 23.1. The monoisotopic (exact) mass is 440 g/mol. The number of hydrogen-bond acceptors (Lipinski definition) is 5. The summed E-state index contributed by atoms with van der Waals surface area (Å²) in [5.74, 6) is 2.38. The number of fused-ring (bicyclic) bond motifs is 2. The van der Waals surface area contributed by atoms with Gasteiger partial charge in [0.25, 0.3) is 6.47 Å². The molecule has 4 rings (SSSR count). The highest BCUT2D eigenvalue weighted by Gasteiger charge is 2.24. The average molecular weight is 441 g/mol. The van der Waals surface area contributed by atoms with E-state index >= 15 is 0 Å². The summed E-state index contributed by atoms with van der Waals surface area (Å²) in [5.41, 5.74) is 4.20. The number of H-pyrrole nitrogens is 1. The number of urea groups is 1. The van der Waals surface area contributed by atoms with Gasteiger partial charge in [-0.2, -0.15) is 0 Å². The van der Waals surface area contributed by atoms with Crippen molar-refractivity contribution in [3.05, 3.63) is 53.3 Å². The van der Waals surface area contributed by atoms with Crippen molar-refractivity contribution < 1.29 is 24.2 Å². The van der Waals surface area contributed by atoms with Crippen LogP contribution in [-0.2, 0) is 17.6 Å². The van der Waals surface area contributed by atoms with Crippen LogP contribution in [0, 0.1) is 6.92 Å². The molecule has 1 atom stereocenters. The summed E-state index contributed by atoms with van der Waals surface area (Å²) in [5, 5.41) is 9.95. The lowest BCUT2D eigenvalue weighted by Gasteiger charge is -2.28. The fourth-order valence-electron chi connectivity index (χ4n) is 3.65. The summed E-state index contributed by atoms with van der Waals surface area (Å²) in [4.78, 5) is 30.6. The van der Waals surface area contributed by atoms with E-state index in [1.807, 2.05) is 43.3 Å². The van der Waals surface area contributed by atoms with Crippen LogP contribution < -0.4 is 14.8 Å². The molecule has 1 aliphatic rings. The lowest BCUT2D eigenvalue weighted by atomic mass is 10.0. The van der Waals surface area contributed by atoms with Gasteiger partial charge < -0.3 is 29.8 Å². The number of carbonyl (C=O) groups excluding carboxylic acids is 1. The molecule has 0 saturated heterocycles. The number of ether oxygens (including phenoxy) is 2. The van der Waals surface area contributed by atoms with Crippen molar-refractivity contribution in [2.24, 2.45) is 0 Å². The second kappa shape index (κ2) is 10.5. The minimum Gasteiger partial charge on any atom is -0.493 e. The number of carboxylic acid groups (broad SMARTS) is 1. The van der Waals surface area contributed by atoms with E-state index < -0.39 is 0 Å². The van der Waals surface area contributed by atoms with Gasteiger partial charge in [-0.1, -0.05) is 24.3 Å². The quantitative estimate of drug-likeness (QED) is 0.525. The molecule has 0 aliphatic carbocycles. The predicted octanol–water partition coefficient (Wildman–Crippen LogP) is 2.77. The fraction of sp³-hybridized carbons (Fsp3) is 0.348. The Hall–Kier alpha value is -3.75. The molecular formula is C23H28N4O5. The van der Waals surface area contributed by atoms with E-state index in [1.54, 1.807) is 19.1 Å². The first kappa shape index (κ1) is 22.9. The number of amides is 2. The fourth-order valence-corrected chi connectivity index (χ4v) is 3.65. The van der Waals surface area contributed by atoms with E-state index in [-0.39, 0.29) is 18.5 Å². The molecule has 3 N–H and O–H groups in total. The molecule has 1 aliphatic heterocycles. The maximum absolute atomic E-state index is 12.6. The highest BCUT2D eigenvalue weighted by molar-refractivity contribution is 5.78. The van der Waals surface area contributed by atoms with Crippen molar-refractivity contribution in [3.8, 4) is 11.5 Å². The number of methoxy groups -OCH3 is 1. The minimum atomic E-state index is -0.250. The van der Waals surface area contributed by atoms with E-state index in [0.717, 1.165) is 45.9 Å². The van der Waals surface area contributed by atoms with Crippen LogP contribution in [0.3, 0.4) is 0 Å². The number of imidazole rings is 1. The zero-order valence-electron chi connectivity index (χ0n) is 18.4. The highest BCUT2D eigenvalue weighted by atomic mass is 16.5. The Kier molecular flexibility index (Phi) is 7.54. The van der Waals surface area contributed by atoms with Crippen molar-refractivity contribution in [2.45, 2.75) is 25.8 Å². The maximum atomic E-state index is 12.6. The van der Waals surface area contributed by atoms with Crippen LogP contribution in [0.4, 0.5) is 4.79 Å². The SMILES string of the molecule is COc1cccc2c1OCC(NC(=O)N(C)CCc1nc3c(C)cccc3[nH]1)C2.O=CO. The van der Waals surface area contributed by atoms with Gasteiger partial charge >= 0.3 is 6.03 Å². The second-order valence-electron chi connectivity index (χ2n) is 7.54. The van der Waals surface area contributed by atoms with Crippen LogP contribution in [0.2, 0.25) is 0 Å². The molecule has 9 nitrogen and oxygen atoms in total. The standard InChI is InChI=1S/C22H26N4O3.CH2O2/c1-14-6-4-8-17-20(14)25-19(24-17)10-11-26(2)22(27)23-16-12-15-7-5-9-18(28-3)21(15)29-13-16;2-1-3/h4-9,16H,10-13H2,1-3H3,(H,23,27)(H,24,25);1H,(H,2,3). The van der Waals surface area contributed by atoms with Gasteiger partial charge in [-0.15, -0.1) is 0 Å². The third kappa shape index (κ3) is 5.29. The van der Waals surface area contributed by atoms with Crippen molar-refractivity contribution in [2.75, 3.05) is 27.3 Å². The molecule has 32 heavy (non-hydrogen) atoms.